The Labute approximate surface area is 105 Å². The Morgan fingerprint density at radius 2 is 2.12 bits per heavy atom. The number of nitrogens with zero attached hydrogens (tertiary/aromatic N) is 1. The Kier molecular flexibility index (Phi) is 3.76. The van der Waals surface area contributed by atoms with Crippen LogP contribution in [0.4, 0.5) is 0 Å². The lowest BCUT2D eigenvalue weighted by Crippen LogP contribution is -2.21. The number of thiazole rings is 1. The zero-order chi connectivity index (χ0) is 12.3. The molecule has 0 saturated carbocycles. The Bertz CT molecular complexity index is 470. The van der Waals surface area contributed by atoms with E-state index in [1.165, 1.54) is 4.88 Å². The molecule has 17 heavy (non-hydrogen) atoms. The fourth-order valence-electron chi connectivity index (χ4n) is 1.79. The van der Waals surface area contributed by atoms with Crippen molar-refractivity contribution >= 4 is 11.3 Å². The van der Waals surface area contributed by atoms with Crippen LogP contribution >= 0.6 is 11.3 Å². The first-order chi connectivity index (χ1) is 8.16. The highest BCUT2D eigenvalue weighted by Crippen LogP contribution is 2.23. The standard InChI is InChI=1S/C13H16N2OS/c1-9(11-4-3-5-12(16)6-11)15-10(2)13-7-14-8-17-13/h3-10,15-16H,1-2H3. The number of nitrogens with one attached hydrogen (secondary N) is 1. The molecule has 1 aromatic carbocycles. The monoisotopic (exact) mass is 248 g/mol. The van der Waals surface area contributed by atoms with E-state index in [2.05, 4.69) is 24.1 Å². The highest BCUT2D eigenvalue weighted by molar-refractivity contribution is 7.09. The summed E-state index contributed by atoms with van der Waals surface area (Å²) >= 11 is 1.65. The van der Waals surface area contributed by atoms with Crippen LogP contribution in [0.5, 0.6) is 5.75 Å². The Balaban J connectivity index is 2.04. The minimum absolute atomic E-state index is 0.194. The van der Waals surface area contributed by atoms with Gasteiger partial charge in [-0.05, 0) is 31.5 Å². The van der Waals surface area contributed by atoms with E-state index < -0.39 is 0 Å². The van der Waals surface area contributed by atoms with Gasteiger partial charge >= 0.3 is 0 Å². The molecule has 2 rings (SSSR count). The average molecular weight is 248 g/mol. The van der Waals surface area contributed by atoms with Crippen LogP contribution in [-0.2, 0) is 0 Å². The second-order valence-electron chi connectivity index (χ2n) is 4.11. The highest BCUT2D eigenvalue weighted by Gasteiger charge is 2.12. The SMILES string of the molecule is CC(NC(C)c1cncs1)c1cccc(O)c1. The lowest BCUT2D eigenvalue weighted by atomic mass is 10.1. The minimum atomic E-state index is 0.194. The van der Waals surface area contributed by atoms with E-state index in [9.17, 15) is 5.11 Å². The Hall–Kier alpha value is -1.39. The van der Waals surface area contributed by atoms with Gasteiger partial charge in [-0.1, -0.05) is 12.1 Å². The van der Waals surface area contributed by atoms with E-state index in [0.717, 1.165) is 5.56 Å². The summed E-state index contributed by atoms with van der Waals surface area (Å²) in [6.45, 7) is 4.21. The highest BCUT2D eigenvalue weighted by atomic mass is 32.1. The van der Waals surface area contributed by atoms with Crippen molar-refractivity contribution < 1.29 is 5.11 Å². The van der Waals surface area contributed by atoms with E-state index >= 15 is 0 Å². The van der Waals surface area contributed by atoms with Crippen molar-refractivity contribution in [3.05, 3.63) is 46.4 Å². The minimum Gasteiger partial charge on any atom is -0.508 e. The normalized spacial score (nSPS) is 14.5. The number of hydrogen-bond donors (Lipinski definition) is 2. The first kappa shape index (κ1) is 12.1. The van der Waals surface area contributed by atoms with Gasteiger partial charge in [0.1, 0.15) is 5.75 Å². The predicted octanol–water partition coefficient (Wildman–Crippen LogP) is 3.26. The molecule has 0 aliphatic heterocycles. The summed E-state index contributed by atoms with van der Waals surface area (Å²) in [4.78, 5) is 5.30. The average Bonchev–Trinajstić information content (AvgIpc) is 2.82. The molecule has 1 heterocycles. The van der Waals surface area contributed by atoms with Crippen molar-refractivity contribution in [1.29, 1.82) is 0 Å². The zero-order valence-electron chi connectivity index (χ0n) is 9.92. The quantitative estimate of drug-likeness (QED) is 0.873. The van der Waals surface area contributed by atoms with Gasteiger partial charge < -0.3 is 10.4 Å². The molecule has 2 atom stereocenters. The van der Waals surface area contributed by atoms with Crippen molar-refractivity contribution in [3.63, 3.8) is 0 Å². The fraction of sp³-hybridized carbons (Fsp3) is 0.308. The van der Waals surface area contributed by atoms with Gasteiger partial charge in [0.15, 0.2) is 0 Å². The molecule has 0 saturated heterocycles. The summed E-state index contributed by atoms with van der Waals surface area (Å²) in [6.07, 6.45) is 1.89. The Morgan fingerprint density at radius 3 is 2.76 bits per heavy atom. The first-order valence-electron chi connectivity index (χ1n) is 5.60. The molecule has 2 unspecified atom stereocenters. The molecule has 90 valence electrons. The van der Waals surface area contributed by atoms with Crippen molar-refractivity contribution in [3.8, 4) is 5.75 Å². The van der Waals surface area contributed by atoms with Crippen LogP contribution in [0.15, 0.2) is 36.0 Å². The van der Waals surface area contributed by atoms with Crippen LogP contribution in [0, 0.1) is 0 Å². The number of rotatable bonds is 4. The number of phenols is 1. The number of hydrogen-bond acceptors (Lipinski definition) is 4. The van der Waals surface area contributed by atoms with Crippen LogP contribution < -0.4 is 5.32 Å². The van der Waals surface area contributed by atoms with Crippen LogP contribution in [-0.4, -0.2) is 10.1 Å². The first-order valence-corrected chi connectivity index (χ1v) is 6.48. The summed E-state index contributed by atoms with van der Waals surface area (Å²) in [7, 11) is 0. The van der Waals surface area contributed by atoms with Crippen molar-refractivity contribution in [2.24, 2.45) is 0 Å². The van der Waals surface area contributed by atoms with E-state index in [0.29, 0.717) is 5.75 Å². The third-order valence-electron chi connectivity index (χ3n) is 2.75. The van der Waals surface area contributed by atoms with Gasteiger partial charge in [0.2, 0.25) is 0 Å². The molecule has 2 aromatic rings. The molecule has 0 bridgehead atoms. The molecule has 1 aromatic heterocycles. The summed E-state index contributed by atoms with van der Waals surface area (Å²) in [6, 6.07) is 7.80. The molecule has 0 fully saturated rings. The van der Waals surface area contributed by atoms with Gasteiger partial charge in [-0.25, -0.2) is 0 Å². The second-order valence-corrected chi connectivity index (χ2v) is 5.03. The molecule has 0 radical (unpaired) electrons. The maximum atomic E-state index is 9.44. The van der Waals surface area contributed by atoms with Gasteiger partial charge in [-0.3, -0.25) is 4.98 Å². The summed E-state index contributed by atoms with van der Waals surface area (Å²) in [5.74, 6) is 0.307. The smallest absolute Gasteiger partial charge is 0.115 e. The maximum Gasteiger partial charge on any atom is 0.115 e. The van der Waals surface area contributed by atoms with Gasteiger partial charge in [0, 0.05) is 23.2 Å². The third kappa shape index (κ3) is 3.05. The van der Waals surface area contributed by atoms with E-state index in [1.54, 1.807) is 23.5 Å². The fourth-order valence-corrected chi connectivity index (χ4v) is 2.42. The molecule has 4 heteroatoms. The third-order valence-corrected chi connectivity index (χ3v) is 3.71. The van der Waals surface area contributed by atoms with Crippen LogP contribution in [0.2, 0.25) is 0 Å². The van der Waals surface area contributed by atoms with Crippen LogP contribution in [0.1, 0.15) is 36.4 Å². The van der Waals surface area contributed by atoms with Gasteiger partial charge in [0.25, 0.3) is 0 Å². The predicted molar refractivity (Wildman–Crippen MR) is 70.2 cm³/mol. The molecule has 3 nitrogen and oxygen atoms in total. The molecular formula is C13H16N2OS. The number of aromatic nitrogens is 1. The summed E-state index contributed by atoms with van der Waals surface area (Å²) in [5, 5.41) is 12.9. The van der Waals surface area contributed by atoms with E-state index in [1.807, 2.05) is 23.8 Å². The van der Waals surface area contributed by atoms with Gasteiger partial charge in [0.05, 0.1) is 5.51 Å². The summed E-state index contributed by atoms with van der Waals surface area (Å²) < 4.78 is 0. The van der Waals surface area contributed by atoms with Crippen LogP contribution in [0.3, 0.4) is 0 Å². The van der Waals surface area contributed by atoms with Gasteiger partial charge in [-0.2, -0.15) is 0 Å². The van der Waals surface area contributed by atoms with E-state index in [-0.39, 0.29) is 12.1 Å². The zero-order valence-corrected chi connectivity index (χ0v) is 10.7. The molecule has 0 amide bonds. The van der Waals surface area contributed by atoms with Crippen molar-refractivity contribution in [2.45, 2.75) is 25.9 Å². The maximum absolute atomic E-state index is 9.44. The lowest BCUT2D eigenvalue weighted by Gasteiger charge is -2.19. The molecule has 0 spiro atoms. The topological polar surface area (TPSA) is 45.2 Å². The van der Waals surface area contributed by atoms with Crippen molar-refractivity contribution in [2.75, 3.05) is 0 Å². The van der Waals surface area contributed by atoms with Gasteiger partial charge in [-0.15, -0.1) is 11.3 Å². The number of benzene rings is 1. The lowest BCUT2D eigenvalue weighted by molar-refractivity contribution is 0.467. The van der Waals surface area contributed by atoms with Crippen molar-refractivity contribution in [1.82, 2.24) is 10.3 Å². The number of aromatic hydroxyl groups is 1. The molecular weight excluding hydrogens is 232 g/mol. The molecule has 0 aliphatic carbocycles. The second kappa shape index (κ2) is 5.29. The number of phenolic OH excluding ortho intramolecular Hbond substituents is 1. The molecule has 0 aliphatic rings. The van der Waals surface area contributed by atoms with E-state index in [4.69, 9.17) is 0 Å². The summed E-state index contributed by atoms with van der Waals surface area (Å²) in [5.41, 5.74) is 2.92. The largest absolute Gasteiger partial charge is 0.508 e. The Morgan fingerprint density at radius 1 is 1.29 bits per heavy atom. The molecule has 2 N–H and O–H groups in total. The van der Waals surface area contributed by atoms with Crippen LogP contribution in [0.25, 0.3) is 0 Å².